The summed E-state index contributed by atoms with van der Waals surface area (Å²) in [6, 6.07) is 10.3. The Hall–Kier alpha value is -2.05. The Morgan fingerprint density at radius 2 is 1.75 bits per heavy atom. The Morgan fingerprint density at radius 1 is 1.07 bits per heavy atom. The van der Waals surface area contributed by atoms with Gasteiger partial charge >= 0.3 is 0 Å². The zero-order valence-corrected chi connectivity index (χ0v) is 17.1. The number of ether oxygens (including phenoxy) is 1. The van der Waals surface area contributed by atoms with Gasteiger partial charge in [0.1, 0.15) is 5.76 Å². The van der Waals surface area contributed by atoms with Gasteiger partial charge in [0.05, 0.1) is 28.3 Å². The fourth-order valence-electron chi connectivity index (χ4n) is 3.09. The highest BCUT2D eigenvalue weighted by atomic mass is 35.5. The Kier molecular flexibility index (Phi) is 6.30. The van der Waals surface area contributed by atoms with Crippen LogP contribution in [0.5, 0.6) is 0 Å². The summed E-state index contributed by atoms with van der Waals surface area (Å²) < 4.78 is 5.06. The van der Waals surface area contributed by atoms with Gasteiger partial charge in [0.25, 0.3) is 11.7 Å². The van der Waals surface area contributed by atoms with Crippen molar-refractivity contribution >= 4 is 52.3 Å². The van der Waals surface area contributed by atoms with Crippen LogP contribution in [0.4, 0.5) is 0 Å². The third-order valence-corrected chi connectivity index (χ3v) is 5.44. The number of carbonyl (C=O) groups is 2. The second-order valence-electron chi connectivity index (χ2n) is 6.17. The third kappa shape index (κ3) is 3.89. The molecule has 1 unspecified atom stereocenters. The number of amides is 1. The van der Waals surface area contributed by atoms with E-state index in [-0.39, 0.29) is 29.5 Å². The van der Waals surface area contributed by atoms with Gasteiger partial charge in [0, 0.05) is 24.2 Å². The molecule has 1 atom stereocenters. The van der Waals surface area contributed by atoms with E-state index < -0.39 is 17.7 Å². The van der Waals surface area contributed by atoms with Crippen LogP contribution < -0.4 is 0 Å². The summed E-state index contributed by atoms with van der Waals surface area (Å²) in [7, 11) is 1.50. The molecule has 3 rings (SSSR count). The molecule has 1 amide bonds. The molecular weight excluding hydrogens is 425 g/mol. The Bertz CT molecular complexity index is 956. The first kappa shape index (κ1) is 20.7. The number of benzene rings is 2. The van der Waals surface area contributed by atoms with Gasteiger partial charge in [0.2, 0.25) is 0 Å². The van der Waals surface area contributed by atoms with E-state index >= 15 is 0 Å². The maximum atomic E-state index is 12.8. The molecule has 0 aromatic heterocycles. The molecule has 0 radical (unpaired) electrons. The summed E-state index contributed by atoms with van der Waals surface area (Å²) in [6.07, 6.45) is 0. The Labute approximate surface area is 177 Å². The zero-order chi connectivity index (χ0) is 20.4. The second kappa shape index (κ2) is 8.53. The second-order valence-corrected chi connectivity index (χ2v) is 7.42. The molecule has 1 saturated heterocycles. The SMILES string of the molecule is COCCN1C(=O)C(=O)C(=C(O)c2ccc(Cl)cc2)C1c1ccc(Cl)c(Cl)c1. The van der Waals surface area contributed by atoms with Crippen LogP contribution in [-0.4, -0.2) is 42.0 Å². The predicted molar refractivity (Wildman–Crippen MR) is 109 cm³/mol. The fraction of sp³-hybridized carbons (Fsp3) is 0.200. The lowest BCUT2D eigenvalue weighted by molar-refractivity contribution is -0.140. The molecule has 2 aromatic carbocycles. The predicted octanol–water partition coefficient (Wildman–Crippen LogP) is 4.71. The molecule has 2 aromatic rings. The largest absolute Gasteiger partial charge is 0.507 e. The highest BCUT2D eigenvalue weighted by Gasteiger charge is 2.46. The number of hydrogen-bond acceptors (Lipinski definition) is 4. The Balaban J connectivity index is 2.17. The summed E-state index contributed by atoms with van der Waals surface area (Å²) in [5.74, 6) is -1.78. The van der Waals surface area contributed by atoms with Crippen LogP contribution in [0.2, 0.25) is 15.1 Å². The number of rotatable bonds is 5. The summed E-state index contributed by atoms with van der Waals surface area (Å²) in [4.78, 5) is 26.8. The van der Waals surface area contributed by atoms with Crippen molar-refractivity contribution in [2.24, 2.45) is 0 Å². The topological polar surface area (TPSA) is 66.8 Å². The lowest BCUT2D eigenvalue weighted by Crippen LogP contribution is -2.32. The number of ketones is 1. The first-order chi connectivity index (χ1) is 13.3. The third-order valence-electron chi connectivity index (χ3n) is 4.45. The van der Waals surface area contributed by atoms with E-state index in [1.165, 1.54) is 12.0 Å². The number of aliphatic hydroxyl groups excluding tert-OH is 1. The molecule has 0 saturated carbocycles. The standard InChI is InChI=1S/C20H16Cl3NO4/c1-28-9-8-24-17(12-4-7-14(22)15(23)10-12)16(19(26)20(24)27)18(25)11-2-5-13(21)6-3-11/h2-7,10,17,25H,8-9H2,1H3. The number of carbonyl (C=O) groups excluding carboxylic acids is 2. The number of Topliss-reactive ketones (excluding diaryl/α,β-unsaturated/α-hetero) is 1. The van der Waals surface area contributed by atoms with E-state index in [0.717, 1.165) is 0 Å². The number of halogens is 3. The minimum Gasteiger partial charge on any atom is -0.507 e. The van der Waals surface area contributed by atoms with Gasteiger partial charge in [-0.2, -0.15) is 0 Å². The molecular formula is C20H16Cl3NO4. The fourth-order valence-corrected chi connectivity index (χ4v) is 3.53. The minimum atomic E-state index is -0.819. The average molecular weight is 441 g/mol. The van der Waals surface area contributed by atoms with Crippen LogP contribution in [0.1, 0.15) is 17.2 Å². The molecule has 5 nitrogen and oxygen atoms in total. The molecule has 146 valence electrons. The molecule has 1 N–H and O–H groups in total. The Morgan fingerprint density at radius 3 is 2.36 bits per heavy atom. The van der Waals surface area contributed by atoms with Gasteiger partial charge in [-0.25, -0.2) is 0 Å². The maximum absolute atomic E-state index is 12.8. The van der Waals surface area contributed by atoms with Crippen LogP contribution >= 0.6 is 34.8 Å². The number of nitrogens with zero attached hydrogens (tertiary/aromatic N) is 1. The first-order valence-corrected chi connectivity index (χ1v) is 9.46. The number of likely N-dealkylation sites (tertiary alicyclic amines) is 1. The maximum Gasteiger partial charge on any atom is 0.295 e. The minimum absolute atomic E-state index is 0.0261. The van der Waals surface area contributed by atoms with Crippen molar-refractivity contribution in [2.75, 3.05) is 20.3 Å². The first-order valence-electron chi connectivity index (χ1n) is 8.33. The number of hydrogen-bond donors (Lipinski definition) is 1. The van der Waals surface area contributed by atoms with Gasteiger partial charge in [0.15, 0.2) is 0 Å². The van der Waals surface area contributed by atoms with Gasteiger partial charge < -0.3 is 14.7 Å². The van der Waals surface area contributed by atoms with Crippen molar-refractivity contribution in [2.45, 2.75) is 6.04 Å². The normalized spacial score (nSPS) is 18.7. The highest BCUT2D eigenvalue weighted by Crippen LogP contribution is 2.40. The smallest absolute Gasteiger partial charge is 0.295 e. The van der Waals surface area contributed by atoms with Gasteiger partial charge in [-0.1, -0.05) is 40.9 Å². The zero-order valence-electron chi connectivity index (χ0n) is 14.8. The van der Waals surface area contributed by atoms with Gasteiger partial charge in [-0.3, -0.25) is 9.59 Å². The molecule has 0 aliphatic carbocycles. The molecule has 1 fully saturated rings. The monoisotopic (exact) mass is 439 g/mol. The summed E-state index contributed by atoms with van der Waals surface area (Å²) in [5, 5.41) is 12.0. The van der Waals surface area contributed by atoms with Crippen molar-refractivity contribution in [1.82, 2.24) is 4.90 Å². The molecule has 0 spiro atoms. The van der Waals surface area contributed by atoms with Crippen LogP contribution in [-0.2, 0) is 14.3 Å². The molecule has 8 heteroatoms. The van der Waals surface area contributed by atoms with E-state index in [4.69, 9.17) is 39.5 Å². The lowest BCUT2D eigenvalue weighted by atomic mass is 9.95. The van der Waals surface area contributed by atoms with E-state index in [1.54, 1.807) is 42.5 Å². The summed E-state index contributed by atoms with van der Waals surface area (Å²) in [5.41, 5.74) is 0.904. The van der Waals surface area contributed by atoms with Crippen LogP contribution in [0, 0.1) is 0 Å². The van der Waals surface area contributed by atoms with Crippen molar-refractivity contribution in [3.8, 4) is 0 Å². The van der Waals surface area contributed by atoms with Crippen molar-refractivity contribution in [1.29, 1.82) is 0 Å². The van der Waals surface area contributed by atoms with E-state index in [0.29, 0.717) is 21.2 Å². The highest BCUT2D eigenvalue weighted by molar-refractivity contribution is 6.47. The quantitative estimate of drug-likeness (QED) is 0.415. The molecule has 1 aliphatic heterocycles. The summed E-state index contributed by atoms with van der Waals surface area (Å²) >= 11 is 18.0. The summed E-state index contributed by atoms with van der Waals surface area (Å²) in [6.45, 7) is 0.398. The van der Waals surface area contributed by atoms with Crippen molar-refractivity contribution in [3.63, 3.8) is 0 Å². The van der Waals surface area contributed by atoms with Gasteiger partial charge in [-0.05, 0) is 42.0 Å². The van der Waals surface area contributed by atoms with E-state index in [9.17, 15) is 14.7 Å². The molecule has 1 aliphatic rings. The van der Waals surface area contributed by atoms with Gasteiger partial charge in [-0.15, -0.1) is 0 Å². The van der Waals surface area contributed by atoms with Crippen LogP contribution in [0.3, 0.4) is 0 Å². The molecule has 28 heavy (non-hydrogen) atoms. The van der Waals surface area contributed by atoms with Crippen molar-refractivity contribution < 1.29 is 19.4 Å². The average Bonchev–Trinajstić information content (AvgIpc) is 2.93. The van der Waals surface area contributed by atoms with E-state index in [2.05, 4.69) is 0 Å². The lowest BCUT2D eigenvalue weighted by Gasteiger charge is -2.25. The molecule has 1 heterocycles. The van der Waals surface area contributed by atoms with Crippen LogP contribution in [0.15, 0.2) is 48.0 Å². The number of methoxy groups -OCH3 is 1. The van der Waals surface area contributed by atoms with E-state index in [1.807, 2.05) is 0 Å². The van der Waals surface area contributed by atoms with Crippen LogP contribution in [0.25, 0.3) is 5.76 Å². The molecule has 0 bridgehead atoms. The van der Waals surface area contributed by atoms with Crippen molar-refractivity contribution in [3.05, 3.63) is 74.2 Å². The number of aliphatic hydroxyl groups is 1.